The summed E-state index contributed by atoms with van der Waals surface area (Å²) in [6.07, 6.45) is 2.09. The summed E-state index contributed by atoms with van der Waals surface area (Å²) in [6.45, 7) is 3.99. The van der Waals surface area contributed by atoms with E-state index in [0.29, 0.717) is 44.9 Å². The molecule has 0 fully saturated rings. The molecule has 0 aliphatic carbocycles. The Hall–Kier alpha value is -3.32. The van der Waals surface area contributed by atoms with Crippen molar-refractivity contribution in [3.8, 4) is 11.5 Å². The lowest BCUT2D eigenvalue weighted by atomic mass is 10.0. The Labute approximate surface area is 227 Å². The number of amides is 2. The standard InChI is InChI=1S/C30H33BrN2O4/c1-2-15-32-30(35)26(19-22-7-4-3-5-8-22)33(21-24-9-6-10-25(31)18-24)29(34)14-12-23-11-13-27-28(20-23)37-17-16-36-27/h3-11,13,18,20,26H,2,12,14-17,19,21H2,1H3,(H,32,35)/t26-/m1/s1. The van der Waals surface area contributed by atoms with Crippen LogP contribution in [0.2, 0.25) is 0 Å². The molecule has 0 spiro atoms. The Bertz CT molecular complexity index is 1200. The molecule has 194 valence electrons. The predicted molar refractivity (Wildman–Crippen MR) is 148 cm³/mol. The number of carbonyl (C=O) groups excluding carboxylic acids is 2. The van der Waals surface area contributed by atoms with Crippen molar-refractivity contribution < 1.29 is 19.1 Å². The molecule has 0 bridgehead atoms. The van der Waals surface area contributed by atoms with E-state index in [4.69, 9.17) is 9.47 Å². The van der Waals surface area contributed by atoms with Crippen LogP contribution in [0.25, 0.3) is 0 Å². The zero-order chi connectivity index (χ0) is 26.0. The van der Waals surface area contributed by atoms with Gasteiger partial charge in [0, 0.05) is 30.4 Å². The number of aryl methyl sites for hydroxylation is 1. The maximum Gasteiger partial charge on any atom is 0.243 e. The molecule has 4 rings (SSSR count). The van der Waals surface area contributed by atoms with Crippen LogP contribution in [0.4, 0.5) is 0 Å². The summed E-state index contributed by atoms with van der Waals surface area (Å²) in [5.41, 5.74) is 2.97. The average Bonchev–Trinajstić information content (AvgIpc) is 2.92. The summed E-state index contributed by atoms with van der Waals surface area (Å²) in [6, 6.07) is 22.9. The van der Waals surface area contributed by atoms with Gasteiger partial charge >= 0.3 is 0 Å². The van der Waals surface area contributed by atoms with E-state index in [1.165, 1.54) is 0 Å². The summed E-state index contributed by atoms with van der Waals surface area (Å²) in [5, 5.41) is 3.02. The quantitative estimate of drug-likeness (QED) is 0.342. The summed E-state index contributed by atoms with van der Waals surface area (Å²) < 4.78 is 12.3. The van der Waals surface area contributed by atoms with E-state index in [-0.39, 0.29) is 18.2 Å². The molecule has 1 N–H and O–H groups in total. The number of halogens is 1. The fraction of sp³-hybridized carbons (Fsp3) is 0.333. The number of nitrogens with zero attached hydrogens (tertiary/aromatic N) is 1. The average molecular weight is 566 g/mol. The first-order chi connectivity index (χ1) is 18.0. The van der Waals surface area contributed by atoms with Gasteiger partial charge in [0.1, 0.15) is 19.3 Å². The molecule has 1 aliphatic rings. The van der Waals surface area contributed by atoms with Crippen LogP contribution in [0.1, 0.15) is 36.5 Å². The van der Waals surface area contributed by atoms with Crippen molar-refractivity contribution in [1.82, 2.24) is 10.2 Å². The van der Waals surface area contributed by atoms with Crippen molar-refractivity contribution in [3.63, 3.8) is 0 Å². The van der Waals surface area contributed by atoms with Gasteiger partial charge < -0.3 is 19.7 Å². The summed E-state index contributed by atoms with van der Waals surface area (Å²) in [5.74, 6) is 1.24. The molecule has 0 unspecified atom stereocenters. The number of ether oxygens (including phenoxy) is 2. The highest BCUT2D eigenvalue weighted by molar-refractivity contribution is 9.10. The fourth-order valence-electron chi connectivity index (χ4n) is 4.39. The fourth-order valence-corrected chi connectivity index (χ4v) is 4.84. The van der Waals surface area contributed by atoms with E-state index in [1.54, 1.807) is 4.90 Å². The van der Waals surface area contributed by atoms with Gasteiger partial charge in [0.25, 0.3) is 0 Å². The molecule has 3 aromatic carbocycles. The summed E-state index contributed by atoms with van der Waals surface area (Å²) >= 11 is 3.53. The third-order valence-electron chi connectivity index (χ3n) is 6.30. The van der Waals surface area contributed by atoms with Gasteiger partial charge in [-0.25, -0.2) is 0 Å². The second-order valence-electron chi connectivity index (χ2n) is 9.13. The summed E-state index contributed by atoms with van der Waals surface area (Å²) in [4.78, 5) is 28.9. The van der Waals surface area contributed by atoms with Gasteiger partial charge in [-0.15, -0.1) is 0 Å². The van der Waals surface area contributed by atoms with Gasteiger partial charge in [0.05, 0.1) is 0 Å². The lowest BCUT2D eigenvalue weighted by Crippen LogP contribution is -2.50. The minimum atomic E-state index is -0.624. The second-order valence-corrected chi connectivity index (χ2v) is 10.0. The highest BCUT2D eigenvalue weighted by atomic mass is 79.9. The van der Waals surface area contributed by atoms with E-state index in [0.717, 1.165) is 33.3 Å². The van der Waals surface area contributed by atoms with E-state index in [2.05, 4.69) is 21.2 Å². The maximum atomic E-state index is 13.8. The first-order valence-corrected chi connectivity index (χ1v) is 13.6. The highest BCUT2D eigenvalue weighted by Gasteiger charge is 2.30. The van der Waals surface area contributed by atoms with Crippen molar-refractivity contribution in [2.24, 2.45) is 0 Å². The number of fused-ring (bicyclic) bond motifs is 1. The highest BCUT2D eigenvalue weighted by Crippen LogP contribution is 2.31. The molecule has 6 nitrogen and oxygen atoms in total. The van der Waals surface area contributed by atoms with Crippen molar-refractivity contribution in [3.05, 3.63) is 94.0 Å². The van der Waals surface area contributed by atoms with Crippen LogP contribution in [0.5, 0.6) is 11.5 Å². The molecule has 3 aromatic rings. The summed E-state index contributed by atoms with van der Waals surface area (Å²) in [7, 11) is 0. The smallest absolute Gasteiger partial charge is 0.243 e. The number of carbonyl (C=O) groups is 2. The third-order valence-corrected chi connectivity index (χ3v) is 6.79. The van der Waals surface area contributed by atoms with Crippen LogP contribution in [0, 0.1) is 0 Å². The molecule has 0 radical (unpaired) electrons. The van der Waals surface area contributed by atoms with E-state index >= 15 is 0 Å². The Morgan fingerprint density at radius 2 is 1.68 bits per heavy atom. The third kappa shape index (κ3) is 7.59. The number of hydrogen-bond acceptors (Lipinski definition) is 4. The molecule has 1 atom stereocenters. The Balaban J connectivity index is 1.58. The normalized spacial score (nSPS) is 13.0. The Morgan fingerprint density at radius 1 is 0.919 bits per heavy atom. The van der Waals surface area contributed by atoms with Crippen molar-refractivity contribution in [2.75, 3.05) is 19.8 Å². The molecular formula is C30H33BrN2O4. The lowest BCUT2D eigenvalue weighted by molar-refractivity contribution is -0.141. The topological polar surface area (TPSA) is 67.9 Å². The monoisotopic (exact) mass is 564 g/mol. The van der Waals surface area contributed by atoms with Gasteiger partial charge in [-0.2, -0.15) is 0 Å². The van der Waals surface area contributed by atoms with Crippen molar-refractivity contribution in [1.29, 1.82) is 0 Å². The van der Waals surface area contributed by atoms with Crippen LogP contribution in [0.3, 0.4) is 0 Å². The first kappa shape index (κ1) is 26.7. The van der Waals surface area contributed by atoms with Gasteiger partial charge in [0.2, 0.25) is 11.8 Å². The first-order valence-electron chi connectivity index (χ1n) is 12.8. The van der Waals surface area contributed by atoms with Crippen molar-refractivity contribution in [2.45, 2.75) is 45.2 Å². The zero-order valence-corrected chi connectivity index (χ0v) is 22.7. The number of benzene rings is 3. The van der Waals surface area contributed by atoms with Crippen molar-refractivity contribution >= 4 is 27.7 Å². The second kappa shape index (κ2) is 13.3. The predicted octanol–water partition coefficient (Wildman–Crippen LogP) is 5.32. The molecule has 7 heteroatoms. The molecule has 0 aromatic heterocycles. The van der Waals surface area contributed by atoms with E-state index < -0.39 is 6.04 Å². The van der Waals surface area contributed by atoms with Crippen LogP contribution in [-0.2, 0) is 29.0 Å². The maximum absolute atomic E-state index is 13.8. The molecule has 1 heterocycles. The van der Waals surface area contributed by atoms with Gasteiger partial charge in [-0.1, -0.05) is 71.4 Å². The van der Waals surface area contributed by atoms with Crippen LogP contribution < -0.4 is 14.8 Å². The van der Waals surface area contributed by atoms with Gasteiger partial charge in [-0.05, 0) is 53.8 Å². The minimum absolute atomic E-state index is 0.0672. The minimum Gasteiger partial charge on any atom is -0.486 e. The Morgan fingerprint density at radius 3 is 2.43 bits per heavy atom. The van der Waals surface area contributed by atoms with E-state index in [9.17, 15) is 9.59 Å². The zero-order valence-electron chi connectivity index (χ0n) is 21.1. The van der Waals surface area contributed by atoms with Crippen LogP contribution in [-0.4, -0.2) is 42.5 Å². The molecule has 2 amide bonds. The molecule has 0 saturated carbocycles. The van der Waals surface area contributed by atoms with Crippen LogP contribution in [0.15, 0.2) is 77.3 Å². The number of rotatable bonds is 11. The molecular weight excluding hydrogens is 532 g/mol. The number of hydrogen-bond donors (Lipinski definition) is 1. The van der Waals surface area contributed by atoms with Crippen LogP contribution >= 0.6 is 15.9 Å². The largest absolute Gasteiger partial charge is 0.486 e. The SMILES string of the molecule is CCCNC(=O)[C@@H](Cc1ccccc1)N(Cc1cccc(Br)c1)C(=O)CCc1ccc2c(c1)OCCO2. The van der Waals surface area contributed by atoms with Gasteiger partial charge in [-0.3, -0.25) is 9.59 Å². The van der Waals surface area contributed by atoms with Gasteiger partial charge in [0.15, 0.2) is 11.5 Å². The Kier molecular flexibility index (Phi) is 9.60. The molecule has 37 heavy (non-hydrogen) atoms. The van der Waals surface area contributed by atoms with E-state index in [1.807, 2.05) is 79.7 Å². The number of nitrogens with one attached hydrogen (secondary N) is 1. The molecule has 0 saturated heterocycles. The molecule has 1 aliphatic heterocycles. The lowest BCUT2D eigenvalue weighted by Gasteiger charge is -2.32.